The summed E-state index contributed by atoms with van der Waals surface area (Å²) in [6.07, 6.45) is -4.86. The van der Waals surface area contributed by atoms with Gasteiger partial charge in [0.05, 0.1) is 23.3 Å². The fourth-order valence-corrected chi connectivity index (χ4v) is 4.04. The van der Waals surface area contributed by atoms with Gasteiger partial charge in [-0.05, 0) is 30.3 Å². The third kappa shape index (κ3) is 4.56. The summed E-state index contributed by atoms with van der Waals surface area (Å²) in [6, 6.07) is 7.15. The minimum absolute atomic E-state index is 0.246. The number of sulfonamides is 1. The molecule has 1 aliphatic heterocycles. The highest BCUT2D eigenvalue weighted by Crippen LogP contribution is 2.37. The number of anilines is 2. The summed E-state index contributed by atoms with van der Waals surface area (Å²) < 4.78 is 81.6. The molecule has 6 nitrogen and oxygen atoms in total. The second-order valence-electron chi connectivity index (χ2n) is 6.51. The van der Waals surface area contributed by atoms with Crippen LogP contribution in [0.15, 0.2) is 41.3 Å². The number of nitrogens with zero attached hydrogens (tertiary/aromatic N) is 2. The first-order valence-corrected chi connectivity index (χ1v) is 10.1. The molecule has 0 spiro atoms. The molecule has 29 heavy (non-hydrogen) atoms. The molecule has 0 atom stereocenters. The zero-order chi connectivity index (χ0) is 21.4. The van der Waals surface area contributed by atoms with Gasteiger partial charge in [-0.1, -0.05) is 0 Å². The molecule has 0 saturated carbocycles. The van der Waals surface area contributed by atoms with Crippen molar-refractivity contribution in [1.29, 1.82) is 0 Å². The molecule has 2 aromatic carbocycles. The van der Waals surface area contributed by atoms with Crippen molar-refractivity contribution in [3.8, 4) is 5.75 Å². The SMILES string of the molecule is COc1cc(F)ccc1N1CCN(c2ccc(S(N)(=O)=O)c(C(F)(F)F)c2)CC1. The summed E-state index contributed by atoms with van der Waals surface area (Å²) in [5.41, 5.74) is -0.357. The summed E-state index contributed by atoms with van der Waals surface area (Å²) in [7, 11) is -3.08. The van der Waals surface area contributed by atoms with Crippen molar-refractivity contribution in [1.82, 2.24) is 0 Å². The number of benzene rings is 2. The van der Waals surface area contributed by atoms with Crippen LogP contribution in [0, 0.1) is 5.82 Å². The van der Waals surface area contributed by atoms with Crippen molar-refractivity contribution < 1.29 is 30.7 Å². The van der Waals surface area contributed by atoms with Crippen LogP contribution < -0.4 is 19.7 Å². The van der Waals surface area contributed by atoms with Crippen LogP contribution in [0.4, 0.5) is 28.9 Å². The second kappa shape index (κ2) is 7.71. The van der Waals surface area contributed by atoms with E-state index in [9.17, 15) is 26.0 Å². The molecule has 0 radical (unpaired) electrons. The zero-order valence-electron chi connectivity index (χ0n) is 15.4. The lowest BCUT2D eigenvalue weighted by atomic mass is 10.1. The highest BCUT2D eigenvalue weighted by Gasteiger charge is 2.37. The van der Waals surface area contributed by atoms with Crippen LogP contribution in [0.25, 0.3) is 0 Å². The molecule has 2 aromatic rings. The van der Waals surface area contributed by atoms with E-state index < -0.39 is 32.5 Å². The average molecular weight is 433 g/mol. The van der Waals surface area contributed by atoms with E-state index in [1.807, 2.05) is 4.90 Å². The normalized spacial score (nSPS) is 15.5. The van der Waals surface area contributed by atoms with Crippen LogP contribution in [0.3, 0.4) is 0 Å². The summed E-state index contributed by atoms with van der Waals surface area (Å²) >= 11 is 0. The lowest BCUT2D eigenvalue weighted by Gasteiger charge is -2.38. The Labute approximate surface area is 165 Å². The van der Waals surface area contributed by atoms with Gasteiger partial charge in [-0.15, -0.1) is 0 Å². The van der Waals surface area contributed by atoms with Gasteiger partial charge in [-0.2, -0.15) is 13.2 Å². The first-order valence-electron chi connectivity index (χ1n) is 8.58. The standard InChI is InChI=1S/C18H19F4N3O3S/c1-28-16-10-12(19)2-4-15(16)25-8-6-24(7-9-25)13-3-5-17(29(23,26)27)14(11-13)18(20,21)22/h2-5,10-11H,6-9H2,1H3,(H2,23,26,27). The maximum absolute atomic E-state index is 13.4. The van der Waals surface area contributed by atoms with Crippen molar-refractivity contribution in [2.75, 3.05) is 43.1 Å². The molecule has 2 N–H and O–H groups in total. The van der Waals surface area contributed by atoms with E-state index in [1.165, 1.54) is 25.3 Å². The first-order chi connectivity index (χ1) is 13.5. The van der Waals surface area contributed by atoms with Crippen LogP contribution in [0.1, 0.15) is 5.56 Å². The smallest absolute Gasteiger partial charge is 0.417 e. The van der Waals surface area contributed by atoms with Gasteiger partial charge in [0.1, 0.15) is 11.6 Å². The average Bonchev–Trinajstić information content (AvgIpc) is 2.66. The van der Waals surface area contributed by atoms with Gasteiger partial charge in [0.15, 0.2) is 0 Å². The van der Waals surface area contributed by atoms with Crippen molar-refractivity contribution in [3.05, 3.63) is 47.8 Å². The third-order valence-corrected chi connectivity index (χ3v) is 5.67. The van der Waals surface area contributed by atoms with E-state index in [4.69, 9.17) is 9.88 Å². The van der Waals surface area contributed by atoms with Crippen molar-refractivity contribution in [2.24, 2.45) is 5.14 Å². The van der Waals surface area contributed by atoms with E-state index in [2.05, 4.69) is 0 Å². The maximum atomic E-state index is 13.4. The molecule has 11 heteroatoms. The van der Waals surface area contributed by atoms with Gasteiger partial charge in [-0.3, -0.25) is 0 Å². The topological polar surface area (TPSA) is 75.9 Å². The number of nitrogens with two attached hydrogens (primary N) is 1. The number of ether oxygens (including phenoxy) is 1. The number of halogens is 4. The van der Waals surface area contributed by atoms with Crippen LogP contribution in [0.2, 0.25) is 0 Å². The molecule has 1 heterocycles. The Morgan fingerprint density at radius 3 is 2.17 bits per heavy atom. The monoisotopic (exact) mass is 433 g/mol. The molecule has 0 aromatic heterocycles. The fraction of sp³-hybridized carbons (Fsp3) is 0.333. The first kappa shape index (κ1) is 21.2. The highest BCUT2D eigenvalue weighted by atomic mass is 32.2. The summed E-state index contributed by atoms with van der Waals surface area (Å²) in [5, 5.41) is 4.92. The number of primary sulfonamides is 1. The van der Waals surface area contributed by atoms with Gasteiger partial charge in [0.2, 0.25) is 10.0 Å². The lowest BCUT2D eigenvalue weighted by molar-refractivity contribution is -0.139. The summed E-state index contributed by atoms with van der Waals surface area (Å²) in [6.45, 7) is 1.68. The van der Waals surface area contributed by atoms with Crippen molar-refractivity contribution >= 4 is 21.4 Å². The van der Waals surface area contributed by atoms with Gasteiger partial charge in [0, 0.05) is 37.9 Å². The third-order valence-electron chi connectivity index (χ3n) is 4.70. The van der Waals surface area contributed by atoms with Gasteiger partial charge < -0.3 is 14.5 Å². The lowest BCUT2D eigenvalue weighted by Crippen LogP contribution is -2.46. The Bertz CT molecular complexity index is 1000. The van der Waals surface area contributed by atoms with E-state index in [1.54, 1.807) is 11.0 Å². The van der Waals surface area contributed by atoms with Crippen molar-refractivity contribution in [3.63, 3.8) is 0 Å². The second-order valence-corrected chi connectivity index (χ2v) is 8.04. The number of hydrogen-bond acceptors (Lipinski definition) is 5. The molecule has 0 unspecified atom stereocenters. The number of methoxy groups -OCH3 is 1. The quantitative estimate of drug-likeness (QED) is 0.751. The number of hydrogen-bond donors (Lipinski definition) is 1. The van der Waals surface area contributed by atoms with Gasteiger partial charge >= 0.3 is 6.18 Å². The summed E-state index contributed by atoms with van der Waals surface area (Å²) in [4.78, 5) is 2.70. The molecule has 0 aliphatic carbocycles. The minimum Gasteiger partial charge on any atom is -0.494 e. The number of rotatable bonds is 4. The van der Waals surface area contributed by atoms with E-state index in [0.717, 1.165) is 12.1 Å². The Balaban J connectivity index is 1.83. The van der Waals surface area contributed by atoms with E-state index in [0.29, 0.717) is 37.6 Å². The van der Waals surface area contributed by atoms with Crippen LogP contribution >= 0.6 is 0 Å². The van der Waals surface area contributed by atoms with Gasteiger partial charge in [-0.25, -0.2) is 17.9 Å². The van der Waals surface area contributed by atoms with E-state index >= 15 is 0 Å². The van der Waals surface area contributed by atoms with Crippen LogP contribution in [0.5, 0.6) is 5.75 Å². The molecule has 158 valence electrons. The molecule has 0 bridgehead atoms. The minimum atomic E-state index is -4.86. The van der Waals surface area contributed by atoms with Gasteiger partial charge in [0.25, 0.3) is 0 Å². The Morgan fingerprint density at radius 1 is 1.00 bits per heavy atom. The highest BCUT2D eigenvalue weighted by molar-refractivity contribution is 7.89. The molecule has 1 aliphatic rings. The zero-order valence-corrected chi connectivity index (χ0v) is 16.2. The Morgan fingerprint density at radius 2 is 1.62 bits per heavy atom. The van der Waals surface area contributed by atoms with E-state index in [-0.39, 0.29) is 5.69 Å². The molecular formula is C18H19F4N3O3S. The predicted octanol–water partition coefficient (Wildman–Crippen LogP) is 2.83. The maximum Gasteiger partial charge on any atom is 0.417 e. The molecule has 1 fully saturated rings. The predicted molar refractivity (Wildman–Crippen MR) is 100 cm³/mol. The Hall–Kier alpha value is -2.53. The molecular weight excluding hydrogens is 414 g/mol. The van der Waals surface area contributed by atoms with Crippen LogP contribution in [-0.4, -0.2) is 41.7 Å². The largest absolute Gasteiger partial charge is 0.494 e. The fourth-order valence-electron chi connectivity index (χ4n) is 3.30. The number of alkyl halides is 3. The van der Waals surface area contributed by atoms with Crippen LogP contribution in [-0.2, 0) is 16.2 Å². The molecule has 0 amide bonds. The Kier molecular flexibility index (Phi) is 5.63. The molecule has 1 saturated heterocycles. The summed E-state index contributed by atoms with van der Waals surface area (Å²) in [5.74, 6) is -0.0609. The van der Waals surface area contributed by atoms with Crippen molar-refractivity contribution in [2.45, 2.75) is 11.1 Å². The number of piperazine rings is 1. The molecule has 3 rings (SSSR count).